The van der Waals surface area contributed by atoms with Crippen LogP contribution in [0.5, 0.6) is 0 Å². The molecule has 2 rings (SSSR count). The van der Waals surface area contributed by atoms with Crippen molar-refractivity contribution in [2.24, 2.45) is 0 Å². The van der Waals surface area contributed by atoms with Crippen LogP contribution >= 0.6 is 0 Å². The Balaban J connectivity index is 2.57. The van der Waals surface area contributed by atoms with E-state index in [0.717, 1.165) is 12.1 Å². The fraction of sp³-hybridized carbons (Fsp3) is 0.167. The van der Waals surface area contributed by atoms with Gasteiger partial charge in [-0.2, -0.15) is 18.3 Å². The van der Waals surface area contributed by atoms with Crippen molar-refractivity contribution in [2.45, 2.75) is 13.1 Å². The first-order valence-corrected chi connectivity index (χ1v) is 5.51. The van der Waals surface area contributed by atoms with E-state index in [4.69, 9.17) is 5.11 Å². The average molecular weight is 285 g/mol. The molecular formula is C12H10F3N3O2. The number of nitrogens with one attached hydrogen (secondary N) is 1. The summed E-state index contributed by atoms with van der Waals surface area (Å²) in [6, 6.07) is 4.45. The molecular weight excluding hydrogens is 275 g/mol. The lowest BCUT2D eigenvalue weighted by Crippen LogP contribution is -2.13. The van der Waals surface area contributed by atoms with Gasteiger partial charge in [0.05, 0.1) is 16.9 Å². The molecule has 1 amide bonds. The Morgan fingerprint density at radius 3 is 2.55 bits per heavy atom. The van der Waals surface area contributed by atoms with Crippen molar-refractivity contribution >= 4 is 11.8 Å². The summed E-state index contributed by atoms with van der Waals surface area (Å²) in [7, 11) is 0. The third-order valence-corrected chi connectivity index (χ3v) is 2.63. The van der Waals surface area contributed by atoms with Gasteiger partial charge >= 0.3 is 12.3 Å². The number of aryl methyl sites for hydroxylation is 1. The van der Waals surface area contributed by atoms with E-state index >= 15 is 0 Å². The van der Waals surface area contributed by atoms with Gasteiger partial charge in [-0.1, -0.05) is 0 Å². The molecule has 0 saturated carbocycles. The van der Waals surface area contributed by atoms with E-state index < -0.39 is 17.8 Å². The minimum absolute atomic E-state index is 0.181. The van der Waals surface area contributed by atoms with Gasteiger partial charge in [0.25, 0.3) is 0 Å². The Morgan fingerprint density at radius 1 is 1.35 bits per heavy atom. The molecule has 8 heteroatoms. The van der Waals surface area contributed by atoms with Crippen molar-refractivity contribution in [3.8, 4) is 5.69 Å². The van der Waals surface area contributed by atoms with Crippen LogP contribution in [0.4, 0.5) is 23.7 Å². The minimum atomic E-state index is -4.55. The number of hydrogen-bond acceptors (Lipinski definition) is 2. The van der Waals surface area contributed by atoms with Gasteiger partial charge in [0.15, 0.2) is 0 Å². The first-order chi connectivity index (χ1) is 9.29. The van der Waals surface area contributed by atoms with Crippen molar-refractivity contribution in [3.63, 3.8) is 0 Å². The van der Waals surface area contributed by atoms with E-state index in [0.29, 0.717) is 5.69 Å². The molecule has 0 aliphatic rings. The summed E-state index contributed by atoms with van der Waals surface area (Å²) in [5.74, 6) is 0. The average Bonchev–Trinajstić information content (AvgIpc) is 2.73. The molecule has 0 unspecified atom stereocenters. The van der Waals surface area contributed by atoms with E-state index in [1.165, 1.54) is 16.9 Å². The predicted octanol–water partition coefficient (Wildman–Crippen LogP) is 3.29. The maximum Gasteiger partial charge on any atom is 0.416 e. The largest absolute Gasteiger partial charge is 0.465 e. The molecule has 0 atom stereocenters. The van der Waals surface area contributed by atoms with E-state index in [2.05, 4.69) is 5.10 Å². The van der Waals surface area contributed by atoms with Crippen LogP contribution in [0, 0.1) is 6.92 Å². The topological polar surface area (TPSA) is 67.2 Å². The second-order valence-electron chi connectivity index (χ2n) is 4.04. The predicted molar refractivity (Wildman–Crippen MR) is 65.0 cm³/mol. The molecule has 1 aromatic carbocycles. The second-order valence-corrected chi connectivity index (χ2v) is 4.04. The van der Waals surface area contributed by atoms with Crippen LogP contribution in [0.2, 0.25) is 0 Å². The Hall–Kier alpha value is -2.51. The van der Waals surface area contributed by atoms with Crippen molar-refractivity contribution < 1.29 is 23.1 Å². The molecule has 2 N–H and O–H groups in total. The fourth-order valence-corrected chi connectivity index (χ4v) is 1.73. The van der Waals surface area contributed by atoms with Crippen LogP contribution in [0.3, 0.4) is 0 Å². The number of carbonyl (C=O) groups is 1. The molecule has 0 radical (unpaired) electrons. The summed E-state index contributed by atoms with van der Waals surface area (Å²) in [6.07, 6.45) is -4.53. The summed E-state index contributed by atoms with van der Waals surface area (Å²) in [5.41, 5.74) is -0.227. The number of benzene rings is 1. The molecule has 0 fully saturated rings. The maximum absolute atomic E-state index is 12.7. The summed E-state index contributed by atoms with van der Waals surface area (Å²) < 4.78 is 39.3. The van der Waals surface area contributed by atoms with Gasteiger partial charge in [-0.3, -0.25) is 5.32 Å². The van der Waals surface area contributed by atoms with Crippen LogP contribution in [0.1, 0.15) is 11.3 Å². The molecule has 0 saturated heterocycles. The van der Waals surface area contributed by atoms with E-state index in [-0.39, 0.29) is 11.4 Å². The van der Waals surface area contributed by atoms with Crippen molar-refractivity contribution in [2.75, 3.05) is 5.32 Å². The van der Waals surface area contributed by atoms with Crippen molar-refractivity contribution in [3.05, 3.63) is 41.7 Å². The van der Waals surface area contributed by atoms with Gasteiger partial charge in [0.1, 0.15) is 0 Å². The summed E-state index contributed by atoms with van der Waals surface area (Å²) >= 11 is 0. The highest BCUT2D eigenvalue weighted by molar-refractivity contribution is 5.86. The number of rotatable bonds is 2. The number of halogens is 3. The molecule has 5 nitrogen and oxygen atoms in total. The Labute approximate surface area is 111 Å². The zero-order valence-electron chi connectivity index (χ0n) is 10.3. The van der Waals surface area contributed by atoms with Crippen LogP contribution < -0.4 is 5.32 Å². The number of carboxylic acid groups (broad SMARTS) is 1. The minimum Gasteiger partial charge on any atom is -0.465 e. The molecule has 20 heavy (non-hydrogen) atoms. The van der Waals surface area contributed by atoms with Gasteiger partial charge in [-0.15, -0.1) is 0 Å². The van der Waals surface area contributed by atoms with E-state index in [1.807, 2.05) is 5.32 Å². The maximum atomic E-state index is 12.7. The molecule has 106 valence electrons. The van der Waals surface area contributed by atoms with Crippen LogP contribution in [0.25, 0.3) is 5.69 Å². The fourth-order valence-electron chi connectivity index (χ4n) is 1.73. The number of alkyl halides is 3. The van der Waals surface area contributed by atoms with E-state index in [1.54, 1.807) is 13.0 Å². The van der Waals surface area contributed by atoms with Crippen molar-refractivity contribution in [1.82, 2.24) is 9.78 Å². The highest BCUT2D eigenvalue weighted by Crippen LogP contribution is 2.33. The number of nitrogens with zero attached hydrogens (tertiary/aromatic N) is 2. The number of amides is 1. The standard InChI is InChI=1S/C12H10F3N3O2/c1-7-4-5-16-18(7)10-3-2-8(12(13,14)15)6-9(10)17-11(19)20/h2-6,17H,1H3,(H,19,20). The molecule has 2 aromatic rings. The Morgan fingerprint density at radius 2 is 2.05 bits per heavy atom. The van der Waals surface area contributed by atoms with Crippen LogP contribution in [-0.2, 0) is 6.18 Å². The molecule has 1 aromatic heterocycles. The first kappa shape index (κ1) is 13.9. The smallest absolute Gasteiger partial charge is 0.416 e. The molecule has 0 aliphatic carbocycles. The Kier molecular flexibility index (Phi) is 3.39. The first-order valence-electron chi connectivity index (χ1n) is 5.51. The van der Waals surface area contributed by atoms with Crippen LogP contribution in [0.15, 0.2) is 30.5 Å². The number of hydrogen-bond donors (Lipinski definition) is 2. The van der Waals surface area contributed by atoms with Gasteiger partial charge in [-0.25, -0.2) is 9.48 Å². The summed E-state index contributed by atoms with van der Waals surface area (Å²) in [4.78, 5) is 10.7. The quantitative estimate of drug-likeness (QED) is 0.889. The Bertz CT molecular complexity index is 650. The number of aromatic nitrogens is 2. The summed E-state index contributed by atoms with van der Waals surface area (Å²) in [5, 5.41) is 14.6. The van der Waals surface area contributed by atoms with Gasteiger partial charge in [0.2, 0.25) is 0 Å². The third-order valence-electron chi connectivity index (χ3n) is 2.63. The summed E-state index contributed by atoms with van der Waals surface area (Å²) in [6.45, 7) is 1.70. The van der Waals surface area contributed by atoms with Gasteiger partial charge < -0.3 is 5.11 Å². The third kappa shape index (κ3) is 2.73. The molecule has 1 heterocycles. The monoisotopic (exact) mass is 285 g/mol. The second kappa shape index (κ2) is 4.87. The molecule has 0 spiro atoms. The normalized spacial score (nSPS) is 11.4. The zero-order valence-corrected chi connectivity index (χ0v) is 10.3. The zero-order chi connectivity index (χ0) is 14.9. The highest BCUT2D eigenvalue weighted by atomic mass is 19.4. The van der Waals surface area contributed by atoms with E-state index in [9.17, 15) is 18.0 Å². The lowest BCUT2D eigenvalue weighted by Gasteiger charge is -2.14. The lowest BCUT2D eigenvalue weighted by atomic mass is 10.1. The lowest BCUT2D eigenvalue weighted by molar-refractivity contribution is -0.137. The highest BCUT2D eigenvalue weighted by Gasteiger charge is 2.31. The van der Waals surface area contributed by atoms with Crippen LogP contribution in [-0.4, -0.2) is 21.0 Å². The van der Waals surface area contributed by atoms with Crippen molar-refractivity contribution in [1.29, 1.82) is 0 Å². The molecule has 0 bridgehead atoms. The van der Waals surface area contributed by atoms with Gasteiger partial charge in [0, 0.05) is 11.9 Å². The number of anilines is 1. The SMILES string of the molecule is Cc1ccnn1-c1ccc(C(F)(F)F)cc1NC(=O)O. The van der Waals surface area contributed by atoms with Gasteiger partial charge in [-0.05, 0) is 31.2 Å². The molecule has 0 aliphatic heterocycles.